The van der Waals surface area contributed by atoms with Gasteiger partial charge in [-0.3, -0.25) is 0 Å². The molecule has 3 unspecified atom stereocenters. The highest BCUT2D eigenvalue weighted by Crippen LogP contribution is 2.28. The number of hydrogen-bond donors (Lipinski definition) is 2. The number of carboxylic acids is 1. The quantitative estimate of drug-likeness (QED) is 0.695. The normalized spacial score (nSPS) is 29.0. The van der Waals surface area contributed by atoms with Gasteiger partial charge in [0.1, 0.15) is 0 Å². The lowest BCUT2D eigenvalue weighted by atomic mass is 10.1. The monoisotopic (exact) mass is 201 g/mol. The van der Waals surface area contributed by atoms with Crippen molar-refractivity contribution in [3.63, 3.8) is 0 Å². The summed E-state index contributed by atoms with van der Waals surface area (Å²) < 4.78 is 5.55. The lowest BCUT2D eigenvalue weighted by Crippen LogP contribution is -2.33. The van der Waals surface area contributed by atoms with Crippen LogP contribution >= 0.6 is 0 Å². The van der Waals surface area contributed by atoms with Crippen LogP contribution < -0.4 is 5.73 Å². The zero-order valence-electron chi connectivity index (χ0n) is 8.61. The molecule has 0 aromatic rings. The van der Waals surface area contributed by atoms with E-state index in [1.807, 2.05) is 6.92 Å². The molecule has 0 saturated heterocycles. The Kier molecular flexibility index (Phi) is 4.35. The highest BCUT2D eigenvalue weighted by atomic mass is 16.5. The Hall–Kier alpha value is -0.610. The molecule has 1 saturated carbocycles. The van der Waals surface area contributed by atoms with Gasteiger partial charge in [0.05, 0.1) is 6.10 Å². The van der Waals surface area contributed by atoms with Crippen LogP contribution in [0.4, 0.5) is 0 Å². The first-order valence-corrected chi connectivity index (χ1v) is 5.27. The van der Waals surface area contributed by atoms with Gasteiger partial charge < -0.3 is 15.6 Å². The first kappa shape index (κ1) is 11.5. The molecule has 0 bridgehead atoms. The standard InChI is InChI=1S/C10H19NO3/c1-2-8(10(12)13)14-9-5-3-4-7(9)6-11/h7-9H,2-6,11H2,1H3,(H,12,13). The maximum atomic E-state index is 10.8. The molecule has 0 radical (unpaired) electrons. The highest BCUT2D eigenvalue weighted by molar-refractivity contribution is 5.72. The predicted octanol–water partition coefficient (Wildman–Crippen LogP) is 0.994. The summed E-state index contributed by atoms with van der Waals surface area (Å²) in [6.45, 7) is 2.42. The summed E-state index contributed by atoms with van der Waals surface area (Å²) in [7, 11) is 0. The Morgan fingerprint density at radius 1 is 1.64 bits per heavy atom. The van der Waals surface area contributed by atoms with E-state index < -0.39 is 12.1 Å². The summed E-state index contributed by atoms with van der Waals surface area (Å²) in [5.74, 6) is -0.515. The van der Waals surface area contributed by atoms with Crippen molar-refractivity contribution in [2.75, 3.05) is 6.54 Å². The van der Waals surface area contributed by atoms with Gasteiger partial charge >= 0.3 is 5.97 Å². The molecule has 4 nitrogen and oxygen atoms in total. The number of rotatable bonds is 5. The second-order valence-corrected chi connectivity index (χ2v) is 3.84. The molecule has 82 valence electrons. The molecular formula is C10H19NO3. The van der Waals surface area contributed by atoms with E-state index in [1.54, 1.807) is 0 Å². The van der Waals surface area contributed by atoms with Gasteiger partial charge in [0, 0.05) is 0 Å². The fourth-order valence-corrected chi connectivity index (χ4v) is 1.99. The number of ether oxygens (including phenoxy) is 1. The minimum atomic E-state index is -0.866. The van der Waals surface area contributed by atoms with E-state index in [2.05, 4.69) is 0 Å². The predicted molar refractivity (Wildman–Crippen MR) is 53.0 cm³/mol. The van der Waals surface area contributed by atoms with Crippen molar-refractivity contribution in [3.05, 3.63) is 0 Å². The van der Waals surface area contributed by atoms with E-state index in [1.165, 1.54) is 0 Å². The number of hydrogen-bond acceptors (Lipinski definition) is 3. The lowest BCUT2D eigenvalue weighted by molar-refractivity contribution is -0.155. The van der Waals surface area contributed by atoms with Gasteiger partial charge in [-0.1, -0.05) is 13.3 Å². The molecular weight excluding hydrogens is 182 g/mol. The van der Waals surface area contributed by atoms with Crippen molar-refractivity contribution in [2.45, 2.75) is 44.8 Å². The van der Waals surface area contributed by atoms with Gasteiger partial charge in [-0.2, -0.15) is 0 Å². The van der Waals surface area contributed by atoms with Gasteiger partial charge in [-0.05, 0) is 31.7 Å². The molecule has 0 aromatic heterocycles. The van der Waals surface area contributed by atoms with Crippen LogP contribution in [-0.4, -0.2) is 29.8 Å². The first-order chi connectivity index (χ1) is 6.69. The van der Waals surface area contributed by atoms with Crippen LogP contribution in [0.15, 0.2) is 0 Å². The molecule has 1 aliphatic rings. The summed E-state index contributed by atoms with van der Waals surface area (Å²) in [6.07, 6.45) is 3.03. The Morgan fingerprint density at radius 3 is 2.86 bits per heavy atom. The number of carboxylic acid groups (broad SMARTS) is 1. The van der Waals surface area contributed by atoms with Gasteiger partial charge in [0.15, 0.2) is 6.10 Å². The van der Waals surface area contributed by atoms with Crippen LogP contribution in [0.25, 0.3) is 0 Å². The fourth-order valence-electron chi connectivity index (χ4n) is 1.99. The van der Waals surface area contributed by atoms with E-state index in [9.17, 15) is 4.79 Å². The Balaban J connectivity index is 2.45. The van der Waals surface area contributed by atoms with Crippen LogP contribution in [0, 0.1) is 5.92 Å². The third-order valence-corrected chi connectivity index (χ3v) is 2.88. The number of carbonyl (C=O) groups is 1. The average Bonchev–Trinajstić information content (AvgIpc) is 2.60. The topological polar surface area (TPSA) is 72.5 Å². The Bertz CT molecular complexity index is 196. The number of aliphatic carboxylic acids is 1. The van der Waals surface area contributed by atoms with Crippen LogP contribution in [0.5, 0.6) is 0 Å². The van der Waals surface area contributed by atoms with Crippen molar-refractivity contribution in [3.8, 4) is 0 Å². The zero-order valence-corrected chi connectivity index (χ0v) is 8.61. The third kappa shape index (κ3) is 2.69. The summed E-state index contributed by atoms with van der Waals surface area (Å²) in [5, 5.41) is 8.84. The van der Waals surface area contributed by atoms with Gasteiger partial charge in [-0.15, -0.1) is 0 Å². The molecule has 3 atom stereocenters. The minimum absolute atomic E-state index is 0.0565. The van der Waals surface area contributed by atoms with Crippen LogP contribution in [-0.2, 0) is 9.53 Å². The molecule has 1 aliphatic carbocycles. The van der Waals surface area contributed by atoms with Crippen LogP contribution in [0.3, 0.4) is 0 Å². The Labute approximate surface area is 84.4 Å². The maximum Gasteiger partial charge on any atom is 0.332 e. The molecule has 0 heterocycles. The largest absolute Gasteiger partial charge is 0.479 e. The fraction of sp³-hybridized carbons (Fsp3) is 0.900. The van der Waals surface area contributed by atoms with Crippen LogP contribution in [0.1, 0.15) is 32.6 Å². The lowest BCUT2D eigenvalue weighted by Gasteiger charge is -2.22. The van der Waals surface area contributed by atoms with Gasteiger partial charge in [0.2, 0.25) is 0 Å². The van der Waals surface area contributed by atoms with E-state index in [-0.39, 0.29) is 6.10 Å². The van der Waals surface area contributed by atoms with Crippen molar-refractivity contribution in [1.29, 1.82) is 0 Å². The highest BCUT2D eigenvalue weighted by Gasteiger charge is 2.30. The van der Waals surface area contributed by atoms with Gasteiger partial charge in [-0.25, -0.2) is 4.79 Å². The summed E-state index contributed by atoms with van der Waals surface area (Å²) in [4.78, 5) is 10.8. The van der Waals surface area contributed by atoms with E-state index in [4.69, 9.17) is 15.6 Å². The summed E-state index contributed by atoms with van der Waals surface area (Å²) in [5.41, 5.74) is 5.59. The zero-order chi connectivity index (χ0) is 10.6. The minimum Gasteiger partial charge on any atom is -0.479 e. The van der Waals surface area contributed by atoms with E-state index in [0.717, 1.165) is 19.3 Å². The molecule has 1 rings (SSSR count). The van der Waals surface area contributed by atoms with Crippen molar-refractivity contribution in [1.82, 2.24) is 0 Å². The van der Waals surface area contributed by atoms with Gasteiger partial charge in [0.25, 0.3) is 0 Å². The molecule has 14 heavy (non-hydrogen) atoms. The molecule has 0 aromatic carbocycles. The van der Waals surface area contributed by atoms with Crippen molar-refractivity contribution in [2.24, 2.45) is 11.7 Å². The van der Waals surface area contributed by atoms with Crippen molar-refractivity contribution >= 4 is 5.97 Å². The van der Waals surface area contributed by atoms with E-state index in [0.29, 0.717) is 18.9 Å². The van der Waals surface area contributed by atoms with Crippen LogP contribution in [0.2, 0.25) is 0 Å². The average molecular weight is 201 g/mol. The second-order valence-electron chi connectivity index (χ2n) is 3.84. The molecule has 0 aliphatic heterocycles. The summed E-state index contributed by atoms with van der Waals surface area (Å²) in [6, 6.07) is 0. The Morgan fingerprint density at radius 2 is 2.36 bits per heavy atom. The SMILES string of the molecule is CCC(OC1CCCC1CN)C(=O)O. The molecule has 3 N–H and O–H groups in total. The molecule has 4 heteroatoms. The van der Waals surface area contributed by atoms with E-state index >= 15 is 0 Å². The van der Waals surface area contributed by atoms with Crippen molar-refractivity contribution < 1.29 is 14.6 Å². The number of nitrogens with two attached hydrogens (primary N) is 1. The maximum absolute atomic E-state index is 10.8. The molecule has 0 spiro atoms. The molecule has 1 fully saturated rings. The molecule has 0 amide bonds. The smallest absolute Gasteiger partial charge is 0.332 e. The summed E-state index contributed by atoms with van der Waals surface area (Å²) >= 11 is 0. The second kappa shape index (κ2) is 5.32. The third-order valence-electron chi connectivity index (χ3n) is 2.88. The first-order valence-electron chi connectivity index (χ1n) is 5.27.